The summed E-state index contributed by atoms with van der Waals surface area (Å²) in [5.41, 5.74) is 1.34. The van der Waals surface area contributed by atoms with Crippen LogP contribution in [0.2, 0.25) is 0 Å². The van der Waals surface area contributed by atoms with Gasteiger partial charge in [-0.3, -0.25) is 4.98 Å². The molecule has 1 aromatic rings. The van der Waals surface area contributed by atoms with Gasteiger partial charge in [-0.2, -0.15) is 0 Å². The minimum atomic E-state index is 0.610. The zero-order chi connectivity index (χ0) is 14.4. The van der Waals surface area contributed by atoms with Crippen molar-refractivity contribution >= 4 is 15.9 Å². The number of rotatable bonds is 6. The van der Waals surface area contributed by atoms with E-state index in [0.717, 1.165) is 29.3 Å². The quantitative estimate of drug-likeness (QED) is 0.820. The molecule has 1 aliphatic carbocycles. The van der Waals surface area contributed by atoms with Gasteiger partial charge in [-0.05, 0) is 71.6 Å². The van der Waals surface area contributed by atoms with Crippen LogP contribution in [0.3, 0.4) is 0 Å². The summed E-state index contributed by atoms with van der Waals surface area (Å²) in [5.74, 6) is 1.75. The van der Waals surface area contributed by atoms with Crippen molar-refractivity contribution in [2.75, 3.05) is 6.54 Å². The molecule has 0 saturated heterocycles. The molecule has 1 atom stereocenters. The van der Waals surface area contributed by atoms with Crippen LogP contribution < -0.4 is 5.32 Å². The molecule has 2 nitrogen and oxygen atoms in total. The summed E-state index contributed by atoms with van der Waals surface area (Å²) >= 11 is 3.53. The smallest absolute Gasteiger partial charge is 0.0410 e. The molecule has 20 heavy (non-hydrogen) atoms. The minimum absolute atomic E-state index is 0.610. The molecule has 1 aliphatic rings. The second kappa shape index (κ2) is 8.14. The molecule has 1 unspecified atom stereocenters. The van der Waals surface area contributed by atoms with Crippen LogP contribution >= 0.6 is 15.9 Å². The van der Waals surface area contributed by atoms with Gasteiger partial charge in [0, 0.05) is 22.9 Å². The average molecular weight is 339 g/mol. The van der Waals surface area contributed by atoms with Crippen molar-refractivity contribution in [1.82, 2.24) is 10.3 Å². The van der Waals surface area contributed by atoms with E-state index in [2.05, 4.69) is 46.1 Å². The van der Waals surface area contributed by atoms with Crippen LogP contribution in [-0.4, -0.2) is 17.6 Å². The fraction of sp³-hybridized carbons (Fsp3) is 0.706. The second-order valence-corrected chi connectivity index (χ2v) is 7.21. The molecular weight excluding hydrogens is 312 g/mol. The van der Waals surface area contributed by atoms with Crippen molar-refractivity contribution in [3.8, 4) is 0 Å². The molecule has 0 aliphatic heterocycles. The number of nitrogens with one attached hydrogen (secondary N) is 1. The highest BCUT2D eigenvalue weighted by molar-refractivity contribution is 9.10. The van der Waals surface area contributed by atoms with E-state index in [1.54, 1.807) is 0 Å². The van der Waals surface area contributed by atoms with Gasteiger partial charge in [0.15, 0.2) is 0 Å². The Balaban J connectivity index is 1.99. The largest absolute Gasteiger partial charge is 0.313 e. The maximum absolute atomic E-state index is 4.30. The number of aromatic nitrogens is 1. The first-order chi connectivity index (χ1) is 9.69. The Bertz CT molecular complexity index is 400. The van der Waals surface area contributed by atoms with Crippen LogP contribution in [0.4, 0.5) is 0 Å². The lowest BCUT2D eigenvalue weighted by molar-refractivity contribution is 0.229. The van der Waals surface area contributed by atoms with Crippen LogP contribution in [0.25, 0.3) is 0 Å². The van der Waals surface area contributed by atoms with Crippen molar-refractivity contribution in [3.05, 3.63) is 28.5 Å². The Morgan fingerprint density at radius 2 is 2.05 bits per heavy atom. The van der Waals surface area contributed by atoms with Gasteiger partial charge in [0.05, 0.1) is 0 Å². The topological polar surface area (TPSA) is 24.9 Å². The summed E-state index contributed by atoms with van der Waals surface area (Å²) in [6, 6.07) is 2.82. The van der Waals surface area contributed by atoms with E-state index < -0.39 is 0 Å². The Hall–Kier alpha value is -0.410. The highest BCUT2D eigenvalue weighted by atomic mass is 79.9. The van der Waals surface area contributed by atoms with Crippen LogP contribution in [0.1, 0.15) is 51.5 Å². The first-order valence-corrected chi connectivity index (χ1v) is 8.81. The second-order valence-electron chi connectivity index (χ2n) is 6.30. The zero-order valence-electron chi connectivity index (χ0n) is 12.7. The molecule has 1 heterocycles. The summed E-state index contributed by atoms with van der Waals surface area (Å²) in [6.07, 6.45) is 11.7. The van der Waals surface area contributed by atoms with Crippen molar-refractivity contribution in [3.63, 3.8) is 0 Å². The monoisotopic (exact) mass is 338 g/mol. The molecule has 1 aromatic heterocycles. The van der Waals surface area contributed by atoms with Crippen molar-refractivity contribution < 1.29 is 0 Å². The fourth-order valence-corrected chi connectivity index (χ4v) is 3.66. The Kier molecular flexibility index (Phi) is 6.50. The van der Waals surface area contributed by atoms with E-state index in [0.29, 0.717) is 6.04 Å². The molecule has 112 valence electrons. The summed E-state index contributed by atoms with van der Waals surface area (Å²) < 4.78 is 1.08. The van der Waals surface area contributed by atoms with Crippen molar-refractivity contribution in [1.29, 1.82) is 0 Å². The molecular formula is C17H27BrN2. The fourth-order valence-electron chi connectivity index (χ4n) is 3.24. The summed E-state index contributed by atoms with van der Waals surface area (Å²) in [5, 5.41) is 3.78. The Labute approximate surface area is 131 Å². The highest BCUT2D eigenvalue weighted by Gasteiger charge is 2.25. The zero-order valence-corrected chi connectivity index (χ0v) is 14.3. The van der Waals surface area contributed by atoms with Crippen LogP contribution in [0, 0.1) is 11.8 Å². The van der Waals surface area contributed by atoms with Crippen LogP contribution in [-0.2, 0) is 6.42 Å². The lowest BCUT2D eigenvalue weighted by atomic mass is 9.78. The van der Waals surface area contributed by atoms with Crippen molar-refractivity contribution in [2.24, 2.45) is 11.8 Å². The first-order valence-electron chi connectivity index (χ1n) is 8.01. The molecule has 2 rings (SSSR count). The molecule has 3 heteroatoms. The van der Waals surface area contributed by atoms with Gasteiger partial charge in [0.25, 0.3) is 0 Å². The molecule has 0 aromatic carbocycles. The van der Waals surface area contributed by atoms with E-state index in [9.17, 15) is 0 Å². The normalized spacial score (nSPS) is 24.6. The summed E-state index contributed by atoms with van der Waals surface area (Å²) in [6.45, 7) is 5.76. The number of hydrogen-bond donors (Lipinski definition) is 1. The van der Waals surface area contributed by atoms with E-state index in [-0.39, 0.29) is 0 Å². The van der Waals surface area contributed by atoms with Gasteiger partial charge >= 0.3 is 0 Å². The average Bonchev–Trinajstić information content (AvgIpc) is 2.44. The maximum atomic E-state index is 4.30. The van der Waals surface area contributed by atoms with Gasteiger partial charge in [0.1, 0.15) is 0 Å². The third-order valence-corrected chi connectivity index (χ3v) is 4.94. The molecule has 1 fully saturated rings. The van der Waals surface area contributed by atoms with Crippen LogP contribution in [0.15, 0.2) is 22.9 Å². The first kappa shape index (κ1) is 16.0. The number of hydrogen-bond acceptors (Lipinski definition) is 2. The lowest BCUT2D eigenvalue weighted by Crippen LogP contribution is -2.40. The molecule has 0 amide bonds. The van der Waals surface area contributed by atoms with Gasteiger partial charge in [-0.15, -0.1) is 0 Å². The predicted molar refractivity (Wildman–Crippen MR) is 88.8 cm³/mol. The Morgan fingerprint density at radius 3 is 2.70 bits per heavy atom. The standard InChI is InChI=1S/C17H27BrN2/c1-3-8-20-17(15-6-4-13(2)5-7-15)10-14-9-16(18)12-19-11-14/h9,11-13,15,17,20H,3-8,10H2,1-2H3. The van der Waals surface area contributed by atoms with Crippen molar-refractivity contribution in [2.45, 2.75) is 58.4 Å². The van der Waals surface area contributed by atoms with Gasteiger partial charge in [0.2, 0.25) is 0 Å². The van der Waals surface area contributed by atoms with E-state index >= 15 is 0 Å². The SMILES string of the molecule is CCCNC(Cc1cncc(Br)c1)C1CCC(C)CC1. The van der Waals surface area contributed by atoms with E-state index in [4.69, 9.17) is 0 Å². The van der Waals surface area contributed by atoms with Crippen LogP contribution in [0.5, 0.6) is 0 Å². The van der Waals surface area contributed by atoms with E-state index in [1.807, 2.05) is 12.4 Å². The molecule has 0 spiro atoms. The third-order valence-electron chi connectivity index (χ3n) is 4.50. The minimum Gasteiger partial charge on any atom is -0.313 e. The highest BCUT2D eigenvalue weighted by Crippen LogP contribution is 2.31. The number of halogens is 1. The number of nitrogens with zero attached hydrogens (tertiary/aromatic N) is 1. The maximum Gasteiger partial charge on any atom is 0.0410 e. The predicted octanol–water partition coefficient (Wildman–Crippen LogP) is 4.58. The summed E-state index contributed by atoms with van der Waals surface area (Å²) in [4.78, 5) is 4.30. The van der Waals surface area contributed by atoms with Gasteiger partial charge in [-0.25, -0.2) is 0 Å². The lowest BCUT2D eigenvalue weighted by Gasteiger charge is -2.33. The summed E-state index contributed by atoms with van der Waals surface area (Å²) in [7, 11) is 0. The molecule has 1 saturated carbocycles. The molecule has 0 radical (unpaired) electrons. The van der Waals surface area contributed by atoms with Gasteiger partial charge in [-0.1, -0.05) is 26.7 Å². The van der Waals surface area contributed by atoms with E-state index in [1.165, 1.54) is 37.7 Å². The third kappa shape index (κ3) is 4.85. The molecule has 1 N–H and O–H groups in total. The Morgan fingerprint density at radius 1 is 1.30 bits per heavy atom. The van der Waals surface area contributed by atoms with Gasteiger partial charge < -0.3 is 5.32 Å². The number of pyridine rings is 1. The molecule has 0 bridgehead atoms.